The van der Waals surface area contributed by atoms with Crippen LogP contribution in [0, 0.1) is 11.7 Å². The summed E-state index contributed by atoms with van der Waals surface area (Å²) < 4.78 is 16.4. The second-order valence-electron chi connectivity index (χ2n) is 7.71. The fraction of sp³-hybridized carbons (Fsp3) is 0.250. The zero-order valence-electron chi connectivity index (χ0n) is 17.4. The van der Waals surface area contributed by atoms with Crippen LogP contribution >= 0.6 is 0 Å². The molecule has 3 rings (SSSR count). The van der Waals surface area contributed by atoms with Gasteiger partial charge in [0.1, 0.15) is 5.82 Å². The normalized spacial score (nSPS) is 12.1. The van der Waals surface area contributed by atoms with Gasteiger partial charge >= 0.3 is 0 Å². The van der Waals surface area contributed by atoms with Crippen LogP contribution in [0.25, 0.3) is 0 Å². The molecule has 1 aromatic heterocycles. The summed E-state index contributed by atoms with van der Waals surface area (Å²) in [5.41, 5.74) is 8.63. The number of halogens is 1. The van der Waals surface area contributed by atoms with E-state index in [2.05, 4.69) is 5.32 Å². The summed E-state index contributed by atoms with van der Waals surface area (Å²) in [5.74, 6) is -0.865. The third-order valence-corrected chi connectivity index (χ3v) is 5.21. The van der Waals surface area contributed by atoms with Crippen molar-refractivity contribution < 1.29 is 14.0 Å². The zero-order valence-corrected chi connectivity index (χ0v) is 17.4. The summed E-state index contributed by atoms with van der Waals surface area (Å²) in [6.07, 6.45) is 0.324. The number of ketones is 1. The van der Waals surface area contributed by atoms with E-state index in [1.54, 1.807) is 41.9 Å². The molecule has 3 N–H and O–H groups in total. The van der Waals surface area contributed by atoms with E-state index in [0.717, 1.165) is 5.69 Å². The molecule has 0 bridgehead atoms. The molecule has 0 aliphatic carbocycles. The van der Waals surface area contributed by atoms with Crippen molar-refractivity contribution in [2.45, 2.75) is 26.3 Å². The molecule has 0 aliphatic rings. The number of anilines is 1. The Hall–Kier alpha value is -3.25. The van der Waals surface area contributed by atoms with E-state index in [-0.39, 0.29) is 17.6 Å². The molecule has 1 amide bonds. The lowest BCUT2D eigenvalue weighted by atomic mass is 10.0. The standard InChI is InChI=1S/C24H26FN3O2/c1-15(2)22(26)24(30)27-18-10-9-17(20(25)14-18)13-19-11-12-21(28(19)3)23(29)16-7-5-4-6-8-16/h4-12,14-15,22H,13,26H2,1-3H3,(H,27,30)/t22-/m0/s1. The fourth-order valence-electron chi connectivity index (χ4n) is 3.19. The first kappa shape index (κ1) is 21.5. The van der Waals surface area contributed by atoms with Gasteiger partial charge in [-0.2, -0.15) is 0 Å². The van der Waals surface area contributed by atoms with Crippen molar-refractivity contribution in [1.29, 1.82) is 0 Å². The maximum atomic E-state index is 14.6. The smallest absolute Gasteiger partial charge is 0.241 e. The predicted molar refractivity (Wildman–Crippen MR) is 116 cm³/mol. The van der Waals surface area contributed by atoms with Gasteiger partial charge in [0.15, 0.2) is 0 Å². The first-order valence-corrected chi connectivity index (χ1v) is 9.87. The zero-order chi connectivity index (χ0) is 21.8. The Bertz CT molecular complexity index is 1060. The Kier molecular flexibility index (Phi) is 6.47. The number of carbonyl (C=O) groups excluding carboxylic acids is 2. The molecule has 0 unspecified atom stereocenters. The molecule has 30 heavy (non-hydrogen) atoms. The maximum Gasteiger partial charge on any atom is 0.241 e. The summed E-state index contributed by atoms with van der Waals surface area (Å²) in [5, 5.41) is 2.65. The second-order valence-corrected chi connectivity index (χ2v) is 7.71. The van der Waals surface area contributed by atoms with Crippen LogP contribution in [-0.4, -0.2) is 22.3 Å². The lowest BCUT2D eigenvalue weighted by Crippen LogP contribution is -2.39. The molecule has 1 atom stereocenters. The van der Waals surface area contributed by atoms with Gasteiger partial charge in [-0.25, -0.2) is 4.39 Å². The number of nitrogens with two attached hydrogens (primary N) is 1. The lowest BCUT2D eigenvalue weighted by molar-refractivity contribution is -0.118. The summed E-state index contributed by atoms with van der Waals surface area (Å²) in [6, 6.07) is 16.5. The number of aromatic nitrogens is 1. The fourth-order valence-corrected chi connectivity index (χ4v) is 3.19. The van der Waals surface area contributed by atoms with Gasteiger partial charge in [-0.05, 0) is 35.7 Å². The average Bonchev–Trinajstić information content (AvgIpc) is 3.09. The molecule has 0 aliphatic heterocycles. The van der Waals surface area contributed by atoms with Gasteiger partial charge in [0.2, 0.25) is 11.7 Å². The predicted octanol–water partition coefficient (Wildman–Crippen LogP) is 3.91. The number of nitrogens with one attached hydrogen (secondary N) is 1. The third-order valence-electron chi connectivity index (χ3n) is 5.21. The largest absolute Gasteiger partial charge is 0.345 e. The molecule has 1 heterocycles. The molecule has 0 radical (unpaired) electrons. The third kappa shape index (κ3) is 4.66. The van der Waals surface area contributed by atoms with Crippen LogP contribution < -0.4 is 11.1 Å². The van der Waals surface area contributed by atoms with Gasteiger partial charge < -0.3 is 15.6 Å². The van der Waals surface area contributed by atoms with Gasteiger partial charge in [-0.1, -0.05) is 50.2 Å². The number of rotatable bonds is 7. The molecular weight excluding hydrogens is 381 g/mol. The van der Waals surface area contributed by atoms with Gasteiger partial charge in [0, 0.05) is 30.4 Å². The minimum atomic E-state index is -0.656. The van der Waals surface area contributed by atoms with Crippen LogP contribution in [0.1, 0.15) is 41.2 Å². The van der Waals surface area contributed by atoms with Crippen LogP contribution in [0.3, 0.4) is 0 Å². The number of carbonyl (C=O) groups is 2. The van der Waals surface area contributed by atoms with E-state index >= 15 is 0 Å². The van der Waals surface area contributed by atoms with Crippen molar-refractivity contribution in [2.24, 2.45) is 18.7 Å². The number of nitrogens with zero attached hydrogens (tertiary/aromatic N) is 1. The van der Waals surface area contributed by atoms with E-state index in [1.807, 2.05) is 38.1 Å². The number of amides is 1. The van der Waals surface area contributed by atoms with E-state index in [0.29, 0.717) is 28.9 Å². The minimum absolute atomic E-state index is 0.0146. The Morgan fingerprint density at radius 2 is 1.77 bits per heavy atom. The van der Waals surface area contributed by atoms with Crippen molar-refractivity contribution in [3.63, 3.8) is 0 Å². The van der Waals surface area contributed by atoms with Gasteiger partial charge in [-0.15, -0.1) is 0 Å². The average molecular weight is 407 g/mol. The first-order valence-electron chi connectivity index (χ1n) is 9.87. The Morgan fingerprint density at radius 3 is 2.40 bits per heavy atom. The summed E-state index contributed by atoms with van der Waals surface area (Å²) in [4.78, 5) is 24.8. The molecule has 6 heteroatoms. The first-order chi connectivity index (χ1) is 14.3. The SMILES string of the molecule is CC(C)[C@H](N)C(=O)Nc1ccc(Cc2ccc(C(=O)c3ccccc3)n2C)c(F)c1. The van der Waals surface area contributed by atoms with E-state index in [1.165, 1.54) is 6.07 Å². The summed E-state index contributed by atoms with van der Waals surface area (Å²) in [7, 11) is 1.80. The Labute approximate surface area is 175 Å². The second kappa shape index (κ2) is 9.05. The van der Waals surface area contributed by atoms with Crippen LogP contribution in [0.15, 0.2) is 60.7 Å². The summed E-state index contributed by atoms with van der Waals surface area (Å²) >= 11 is 0. The maximum absolute atomic E-state index is 14.6. The quantitative estimate of drug-likeness (QED) is 0.583. The van der Waals surface area contributed by atoms with Crippen molar-refractivity contribution in [3.8, 4) is 0 Å². The van der Waals surface area contributed by atoms with E-state index in [9.17, 15) is 14.0 Å². The van der Waals surface area contributed by atoms with Gasteiger partial charge in [0.05, 0.1) is 11.7 Å². The Balaban J connectivity index is 1.75. The molecule has 0 saturated heterocycles. The molecule has 2 aromatic carbocycles. The van der Waals surface area contributed by atoms with Crippen molar-refractivity contribution in [3.05, 3.63) is 89.0 Å². The highest BCUT2D eigenvalue weighted by Gasteiger charge is 2.18. The molecule has 0 saturated carbocycles. The van der Waals surface area contributed by atoms with Crippen LogP contribution in [0.4, 0.5) is 10.1 Å². The molecule has 0 fully saturated rings. The van der Waals surface area contributed by atoms with Crippen molar-refractivity contribution in [2.75, 3.05) is 5.32 Å². The van der Waals surface area contributed by atoms with Crippen molar-refractivity contribution in [1.82, 2.24) is 4.57 Å². The van der Waals surface area contributed by atoms with Crippen LogP contribution in [-0.2, 0) is 18.3 Å². The molecular formula is C24H26FN3O2. The summed E-state index contributed by atoms with van der Waals surface area (Å²) in [6.45, 7) is 3.70. The van der Waals surface area contributed by atoms with Crippen LogP contribution in [0.5, 0.6) is 0 Å². The van der Waals surface area contributed by atoms with Gasteiger partial charge in [0.25, 0.3) is 0 Å². The lowest BCUT2D eigenvalue weighted by Gasteiger charge is -2.16. The van der Waals surface area contributed by atoms with Gasteiger partial charge in [-0.3, -0.25) is 9.59 Å². The number of hydrogen-bond acceptors (Lipinski definition) is 3. The molecule has 156 valence electrons. The highest BCUT2D eigenvalue weighted by Crippen LogP contribution is 2.21. The highest BCUT2D eigenvalue weighted by atomic mass is 19.1. The highest BCUT2D eigenvalue weighted by molar-refractivity contribution is 6.08. The van der Waals surface area contributed by atoms with Crippen molar-refractivity contribution >= 4 is 17.4 Å². The molecule has 0 spiro atoms. The van der Waals surface area contributed by atoms with E-state index in [4.69, 9.17) is 5.73 Å². The van der Waals surface area contributed by atoms with Crippen LogP contribution in [0.2, 0.25) is 0 Å². The number of hydrogen-bond donors (Lipinski definition) is 2. The topological polar surface area (TPSA) is 77.1 Å². The molecule has 3 aromatic rings. The molecule has 5 nitrogen and oxygen atoms in total. The van der Waals surface area contributed by atoms with E-state index < -0.39 is 11.9 Å². The Morgan fingerprint density at radius 1 is 1.07 bits per heavy atom. The number of benzene rings is 2. The monoisotopic (exact) mass is 407 g/mol. The minimum Gasteiger partial charge on any atom is -0.345 e.